The molecule has 0 aromatic rings. The maximum Gasteiger partial charge on any atom is 0.407 e. The van der Waals surface area contributed by atoms with E-state index in [4.69, 9.17) is 14.9 Å². The third kappa shape index (κ3) is 21.1. The van der Waals surface area contributed by atoms with Crippen molar-refractivity contribution in [1.82, 2.24) is 5.32 Å². The van der Waals surface area contributed by atoms with Crippen LogP contribution in [-0.4, -0.2) is 42.2 Å². The Morgan fingerprint density at radius 2 is 1.41 bits per heavy atom. The maximum absolute atomic E-state index is 11.3. The van der Waals surface area contributed by atoms with Crippen molar-refractivity contribution in [1.29, 1.82) is 0 Å². The quantitative estimate of drug-likeness (QED) is 0.213. The van der Waals surface area contributed by atoms with E-state index in [1.165, 1.54) is 77.0 Å². The van der Waals surface area contributed by atoms with Crippen molar-refractivity contribution in [2.45, 2.75) is 103 Å². The molecule has 0 aliphatic heterocycles. The first-order valence-corrected chi connectivity index (χ1v) is 11.0. The lowest BCUT2D eigenvalue weighted by Gasteiger charge is -2.09. The summed E-state index contributed by atoms with van der Waals surface area (Å²) >= 11 is 0. The van der Waals surface area contributed by atoms with Crippen molar-refractivity contribution in [3.63, 3.8) is 0 Å². The Labute approximate surface area is 166 Å². The fourth-order valence-corrected chi connectivity index (χ4v) is 2.84. The average Bonchev–Trinajstić information content (AvgIpc) is 2.68. The molecule has 0 bridgehead atoms. The van der Waals surface area contributed by atoms with E-state index < -0.39 is 18.8 Å². The first kappa shape index (κ1) is 25.9. The maximum atomic E-state index is 11.3. The van der Waals surface area contributed by atoms with E-state index >= 15 is 0 Å². The predicted octanol–water partition coefficient (Wildman–Crippen LogP) is 5.10. The van der Waals surface area contributed by atoms with Gasteiger partial charge in [0, 0.05) is 6.54 Å². The molecule has 1 atom stereocenters. The molecule has 0 aliphatic rings. The number of aliphatic hydroxyl groups excluding tert-OH is 2. The SMILES string of the molecule is CCCCCCCC/C=C/CCCCCCCCNC(=O)OCC(O)CO. The summed E-state index contributed by atoms with van der Waals surface area (Å²) in [6.07, 6.45) is 20.8. The number of allylic oxidation sites excluding steroid dienone is 2. The third-order valence-electron chi connectivity index (χ3n) is 4.58. The van der Waals surface area contributed by atoms with Gasteiger partial charge in [0.2, 0.25) is 0 Å². The number of unbranched alkanes of at least 4 members (excludes halogenated alkanes) is 12. The normalized spacial score (nSPS) is 12.4. The fraction of sp³-hybridized carbons (Fsp3) is 0.864. The number of aliphatic hydroxyl groups is 2. The van der Waals surface area contributed by atoms with Crippen molar-refractivity contribution in [3.05, 3.63) is 12.2 Å². The molecule has 27 heavy (non-hydrogen) atoms. The Morgan fingerprint density at radius 1 is 0.889 bits per heavy atom. The van der Waals surface area contributed by atoms with E-state index in [2.05, 4.69) is 24.4 Å². The highest BCUT2D eigenvalue weighted by Crippen LogP contribution is 2.09. The number of hydrogen-bond acceptors (Lipinski definition) is 4. The molecule has 5 nitrogen and oxygen atoms in total. The van der Waals surface area contributed by atoms with Crippen LogP contribution < -0.4 is 5.32 Å². The van der Waals surface area contributed by atoms with Crippen LogP contribution in [0.3, 0.4) is 0 Å². The van der Waals surface area contributed by atoms with Gasteiger partial charge < -0.3 is 20.3 Å². The highest BCUT2D eigenvalue weighted by Gasteiger charge is 2.06. The highest BCUT2D eigenvalue weighted by molar-refractivity contribution is 5.67. The number of carbonyl (C=O) groups excluding carboxylic acids is 1. The van der Waals surface area contributed by atoms with Crippen LogP contribution >= 0.6 is 0 Å². The molecule has 3 N–H and O–H groups in total. The topological polar surface area (TPSA) is 78.8 Å². The zero-order chi connectivity index (χ0) is 20.0. The first-order valence-electron chi connectivity index (χ1n) is 11.0. The second kappa shape index (κ2) is 21.2. The Bertz CT molecular complexity index is 347. The molecule has 0 radical (unpaired) electrons. The number of carbonyl (C=O) groups is 1. The number of hydrogen-bond donors (Lipinski definition) is 3. The zero-order valence-electron chi connectivity index (χ0n) is 17.5. The second-order valence-corrected chi connectivity index (χ2v) is 7.30. The minimum absolute atomic E-state index is 0.171. The van der Waals surface area contributed by atoms with Gasteiger partial charge in [-0.25, -0.2) is 4.79 Å². The van der Waals surface area contributed by atoms with Gasteiger partial charge in [-0.3, -0.25) is 0 Å². The molecule has 0 saturated heterocycles. The number of nitrogens with one attached hydrogen (secondary N) is 1. The standard InChI is InChI=1S/C22H43NO4/c1-2-3-4-5-6-7-8-9-10-11-12-13-14-15-16-17-18-23-22(26)27-20-21(25)19-24/h9-10,21,24-25H,2-8,11-20H2,1H3,(H,23,26)/b10-9+. The molecule has 1 unspecified atom stereocenters. The summed E-state index contributed by atoms with van der Waals surface area (Å²) in [6.45, 7) is 2.28. The molecule has 0 aromatic carbocycles. The van der Waals surface area contributed by atoms with Crippen LogP contribution in [0.1, 0.15) is 96.8 Å². The largest absolute Gasteiger partial charge is 0.447 e. The van der Waals surface area contributed by atoms with Gasteiger partial charge in [-0.15, -0.1) is 0 Å². The van der Waals surface area contributed by atoms with Gasteiger partial charge in [-0.2, -0.15) is 0 Å². The van der Waals surface area contributed by atoms with Gasteiger partial charge >= 0.3 is 6.09 Å². The summed E-state index contributed by atoms with van der Waals surface area (Å²) in [5, 5.41) is 20.3. The molecule has 1 amide bonds. The van der Waals surface area contributed by atoms with Crippen molar-refractivity contribution in [3.8, 4) is 0 Å². The van der Waals surface area contributed by atoms with E-state index in [1.807, 2.05) is 0 Å². The summed E-state index contributed by atoms with van der Waals surface area (Å²) < 4.78 is 4.76. The van der Waals surface area contributed by atoms with Gasteiger partial charge in [0.1, 0.15) is 12.7 Å². The molecule has 0 rings (SSSR count). The van der Waals surface area contributed by atoms with Crippen LogP contribution in [0, 0.1) is 0 Å². The summed E-state index contributed by atoms with van der Waals surface area (Å²) in [6, 6.07) is 0. The van der Waals surface area contributed by atoms with Crippen LogP contribution in [0.2, 0.25) is 0 Å². The summed E-state index contributed by atoms with van der Waals surface area (Å²) in [5.41, 5.74) is 0. The number of rotatable bonds is 19. The van der Waals surface area contributed by atoms with Crippen molar-refractivity contribution < 1.29 is 19.7 Å². The van der Waals surface area contributed by atoms with Crippen LogP contribution in [-0.2, 0) is 4.74 Å². The van der Waals surface area contributed by atoms with Gasteiger partial charge in [0.25, 0.3) is 0 Å². The molecule has 0 aromatic heterocycles. The van der Waals surface area contributed by atoms with Gasteiger partial charge in [0.05, 0.1) is 6.61 Å². The van der Waals surface area contributed by atoms with Crippen molar-refractivity contribution >= 4 is 6.09 Å². The Morgan fingerprint density at radius 3 is 1.96 bits per heavy atom. The lowest BCUT2D eigenvalue weighted by Crippen LogP contribution is -2.29. The van der Waals surface area contributed by atoms with E-state index in [0.29, 0.717) is 6.54 Å². The van der Waals surface area contributed by atoms with Crippen LogP contribution in [0.5, 0.6) is 0 Å². The van der Waals surface area contributed by atoms with E-state index in [-0.39, 0.29) is 6.61 Å². The van der Waals surface area contributed by atoms with Crippen LogP contribution in [0.15, 0.2) is 12.2 Å². The smallest absolute Gasteiger partial charge is 0.407 e. The van der Waals surface area contributed by atoms with E-state index in [9.17, 15) is 4.79 Å². The van der Waals surface area contributed by atoms with Gasteiger partial charge in [0.15, 0.2) is 0 Å². The molecule has 0 spiro atoms. The van der Waals surface area contributed by atoms with Crippen LogP contribution in [0.4, 0.5) is 4.79 Å². The van der Waals surface area contributed by atoms with E-state index in [1.54, 1.807) is 0 Å². The minimum Gasteiger partial charge on any atom is -0.447 e. The minimum atomic E-state index is -0.999. The second-order valence-electron chi connectivity index (χ2n) is 7.30. The predicted molar refractivity (Wildman–Crippen MR) is 112 cm³/mol. The Balaban J connectivity index is 3.20. The zero-order valence-corrected chi connectivity index (χ0v) is 17.5. The fourth-order valence-electron chi connectivity index (χ4n) is 2.84. The molecular formula is C22H43NO4. The molecule has 0 saturated carbocycles. The number of amides is 1. The average molecular weight is 386 g/mol. The van der Waals surface area contributed by atoms with Crippen LogP contribution in [0.25, 0.3) is 0 Å². The lowest BCUT2D eigenvalue weighted by atomic mass is 10.1. The molecular weight excluding hydrogens is 342 g/mol. The van der Waals surface area contributed by atoms with Gasteiger partial charge in [-0.05, 0) is 32.1 Å². The highest BCUT2D eigenvalue weighted by atomic mass is 16.6. The monoisotopic (exact) mass is 385 g/mol. The summed E-state index contributed by atoms with van der Waals surface area (Å²) in [4.78, 5) is 11.3. The summed E-state index contributed by atoms with van der Waals surface area (Å²) in [7, 11) is 0. The number of alkyl carbamates (subject to hydrolysis) is 1. The lowest BCUT2D eigenvalue weighted by molar-refractivity contribution is 0.0322. The Kier molecular flexibility index (Phi) is 20.4. The summed E-state index contributed by atoms with van der Waals surface area (Å²) in [5.74, 6) is 0. The molecule has 0 fully saturated rings. The van der Waals surface area contributed by atoms with Gasteiger partial charge in [-0.1, -0.05) is 76.9 Å². The Hall–Kier alpha value is -1.07. The van der Waals surface area contributed by atoms with E-state index in [0.717, 1.165) is 12.8 Å². The first-order chi connectivity index (χ1) is 13.2. The molecule has 0 aliphatic carbocycles. The molecule has 5 heteroatoms. The van der Waals surface area contributed by atoms with Crippen molar-refractivity contribution in [2.75, 3.05) is 19.8 Å². The van der Waals surface area contributed by atoms with Crippen molar-refractivity contribution in [2.24, 2.45) is 0 Å². The third-order valence-corrected chi connectivity index (χ3v) is 4.58. The molecule has 160 valence electrons. The number of ether oxygens (including phenoxy) is 1. The molecule has 0 heterocycles.